The Labute approximate surface area is 73.4 Å². The van der Waals surface area contributed by atoms with Crippen molar-refractivity contribution in [2.24, 2.45) is 5.73 Å². The zero-order chi connectivity index (χ0) is 9.28. The van der Waals surface area contributed by atoms with Crippen molar-refractivity contribution in [2.75, 3.05) is 6.54 Å². The summed E-state index contributed by atoms with van der Waals surface area (Å²) in [6, 6.07) is 0. The topological polar surface area (TPSA) is 26.0 Å². The second-order valence-electron chi connectivity index (χ2n) is 5.52. The number of hydrogen-bond acceptors (Lipinski definition) is 1. The smallest absolute Gasteiger partial charge is 0.0460 e. The molecular weight excluding hydrogens is 166 g/mol. The van der Waals surface area contributed by atoms with Crippen molar-refractivity contribution in [3.63, 3.8) is 0 Å². The van der Waals surface area contributed by atoms with E-state index in [0.29, 0.717) is 0 Å². The van der Waals surface area contributed by atoms with E-state index in [9.17, 15) is 0 Å². The molecule has 0 heterocycles. The number of rotatable bonds is 3. The minimum Gasteiger partial charge on any atom is -0.331 e. The normalized spacial score (nSPS) is 14.2. The molecule has 0 amide bonds. The Morgan fingerprint density at radius 3 is 1.18 bits per heavy atom. The van der Waals surface area contributed by atoms with Crippen LogP contribution in [0, 0.1) is 0 Å². The highest BCUT2D eigenvalue weighted by molar-refractivity contribution is 6.96. The third kappa shape index (κ3) is 3.53. The maximum absolute atomic E-state index is 5.81. The fourth-order valence-corrected chi connectivity index (χ4v) is 13.8. The van der Waals surface area contributed by atoms with Gasteiger partial charge in [-0.15, -0.1) is 0 Å². The lowest BCUT2D eigenvalue weighted by atomic mass is 10.8. The molecule has 0 radical (unpaired) electrons. The van der Waals surface area contributed by atoms with Crippen LogP contribution in [0.1, 0.15) is 0 Å². The molecular formula is C8H23NSi2. The third-order valence-corrected chi connectivity index (χ3v) is 12.2. The third-order valence-electron chi connectivity index (χ3n) is 2.33. The van der Waals surface area contributed by atoms with Crippen LogP contribution < -0.4 is 5.73 Å². The van der Waals surface area contributed by atoms with Gasteiger partial charge in [0.2, 0.25) is 0 Å². The molecule has 0 bridgehead atoms. The van der Waals surface area contributed by atoms with Gasteiger partial charge < -0.3 is 5.73 Å². The molecule has 0 saturated heterocycles. The zero-order valence-electron chi connectivity index (χ0n) is 8.86. The van der Waals surface area contributed by atoms with Crippen LogP contribution >= 0.6 is 0 Å². The minimum absolute atomic E-state index is 0.870. The van der Waals surface area contributed by atoms with Crippen molar-refractivity contribution in [3.05, 3.63) is 0 Å². The summed E-state index contributed by atoms with van der Waals surface area (Å²) in [4.78, 5) is 0. The van der Waals surface area contributed by atoms with Crippen LogP contribution in [-0.2, 0) is 0 Å². The largest absolute Gasteiger partial charge is 0.331 e. The first-order chi connectivity index (χ1) is 4.69. The zero-order valence-corrected chi connectivity index (χ0v) is 10.9. The summed E-state index contributed by atoms with van der Waals surface area (Å²) >= 11 is 0. The molecule has 0 rings (SSSR count). The Morgan fingerprint density at radius 1 is 0.909 bits per heavy atom. The first-order valence-corrected chi connectivity index (χ1v) is 11.5. The predicted octanol–water partition coefficient (Wildman–Crippen LogP) is 2.53. The second-order valence-corrected chi connectivity index (χ2v) is 17.0. The molecule has 1 nitrogen and oxygen atoms in total. The molecule has 3 heteroatoms. The van der Waals surface area contributed by atoms with Gasteiger partial charge in [0.15, 0.2) is 0 Å². The van der Waals surface area contributed by atoms with Crippen LogP contribution in [-0.4, -0.2) is 22.7 Å². The average molecular weight is 189 g/mol. The summed E-state index contributed by atoms with van der Waals surface area (Å²) in [5.74, 6) is 0. The minimum atomic E-state index is -0.985. The maximum Gasteiger partial charge on any atom is 0.0460 e. The SMILES string of the molecule is C[Si](C)(C)C(CN)[Si](C)(C)C. The molecule has 0 aliphatic rings. The predicted molar refractivity (Wildman–Crippen MR) is 59.5 cm³/mol. The van der Waals surface area contributed by atoms with Gasteiger partial charge in [-0.3, -0.25) is 0 Å². The van der Waals surface area contributed by atoms with Crippen LogP contribution in [0.25, 0.3) is 0 Å². The number of hydrogen-bond donors (Lipinski definition) is 1. The Balaban J connectivity index is 4.43. The maximum atomic E-state index is 5.81. The fourth-order valence-electron chi connectivity index (χ4n) is 2.01. The van der Waals surface area contributed by atoms with Crippen LogP contribution in [0.5, 0.6) is 0 Å². The molecule has 0 saturated carbocycles. The van der Waals surface area contributed by atoms with Crippen molar-refractivity contribution >= 4 is 16.1 Å². The summed E-state index contributed by atoms with van der Waals surface area (Å²) in [5, 5.41) is 0.870. The van der Waals surface area contributed by atoms with E-state index >= 15 is 0 Å². The summed E-state index contributed by atoms with van der Waals surface area (Å²) in [6.07, 6.45) is 0. The molecule has 0 aromatic heterocycles. The highest BCUT2D eigenvalue weighted by Gasteiger charge is 2.35. The summed E-state index contributed by atoms with van der Waals surface area (Å²) in [6.45, 7) is 15.5. The first kappa shape index (κ1) is 11.4. The molecule has 0 fully saturated rings. The van der Waals surface area contributed by atoms with Crippen molar-refractivity contribution in [1.82, 2.24) is 0 Å². The summed E-state index contributed by atoms with van der Waals surface area (Å²) in [5.41, 5.74) is 5.81. The highest BCUT2D eigenvalue weighted by Crippen LogP contribution is 2.30. The molecule has 11 heavy (non-hydrogen) atoms. The first-order valence-electron chi connectivity index (χ1n) is 4.39. The standard InChI is InChI=1S/C8H23NSi2/c1-10(2,3)8(7-9)11(4,5)6/h8H,7,9H2,1-6H3. The fraction of sp³-hybridized carbons (Fsp3) is 1.00. The van der Waals surface area contributed by atoms with E-state index in [1.165, 1.54) is 0 Å². The van der Waals surface area contributed by atoms with Gasteiger partial charge in [0.05, 0.1) is 0 Å². The Bertz CT molecular complexity index is 107. The van der Waals surface area contributed by atoms with E-state index in [1.54, 1.807) is 0 Å². The highest BCUT2D eigenvalue weighted by atomic mass is 28.4. The molecule has 0 spiro atoms. The van der Waals surface area contributed by atoms with Crippen LogP contribution in [0.2, 0.25) is 44.4 Å². The quantitative estimate of drug-likeness (QED) is 0.679. The van der Waals surface area contributed by atoms with Crippen molar-refractivity contribution in [2.45, 2.75) is 44.4 Å². The molecule has 68 valence electrons. The Kier molecular flexibility index (Phi) is 3.53. The van der Waals surface area contributed by atoms with E-state index in [1.807, 2.05) is 0 Å². The molecule has 0 aromatic carbocycles. The van der Waals surface area contributed by atoms with Crippen LogP contribution in [0.3, 0.4) is 0 Å². The molecule has 0 atom stereocenters. The lowest BCUT2D eigenvalue weighted by molar-refractivity contribution is 0.996. The van der Waals surface area contributed by atoms with Gasteiger partial charge in [0, 0.05) is 16.1 Å². The van der Waals surface area contributed by atoms with Gasteiger partial charge in [-0.05, 0) is 11.7 Å². The molecule has 0 unspecified atom stereocenters. The van der Waals surface area contributed by atoms with E-state index in [2.05, 4.69) is 39.3 Å². The van der Waals surface area contributed by atoms with Crippen molar-refractivity contribution < 1.29 is 0 Å². The van der Waals surface area contributed by atoms with Gasteiger partial charge in [-0.1, -0.05) is 39.3 Å². The number of nitrogens with two attached hydrogens (primary N) is 1. The second kappa shape index (κ2) is 3.41. The van der Waals surface area contributed by atoms with Crippen molar-refractivity contribution in [1.29, 1.82) is 0 Å². The van der Waals surface area contributed by atoms with E-state index in [4.69, 9.17) is 5.73 Å². The average Bonchev–Trinajstić information content (AvgIpc) is 1.56. The van der Waals surface area contributed by atoms with Gasteiger partial charge in [0.25, 0.3) is 0 Å². The van der Waals surface area contributed by atoms with Crippen molar-refractivity contribution in [3.8, 4) is 0 Å². The molecule has 2 N–H and O–H groups in total. The van der Waals surface area contributed by atoms with Gasteiger partial charge in [-0.2, -0.15) is 0 Å². The van der Waals surface area contributed by atoms with Gasteiger partial charge >= 0.3 is 0 Å². The molecule has 0 aromatic rings. The molecule has 0 aliphatic heterocycles. The lowest BCUT2D eigenvalue weighted by Crippen LogP contribution is -2.47. The Morgan fingerprint density at radius 2 is 1.18 bits per heavy atom. The summed E-state index contributed by atoms with van der Waals surface area (Å²) in [7, 11) is -1.97. The van der Waals surface area contributed by atoms with E-state index in [0.717, 1.165) is 11.7 Å². The summed E-state index contributed by atoms with van der Waals surface area (Å²) < 4.78 is 0. The van der Waals surface area contributed by atoms with Gasteiger partial charge in [0.1, 0.15) is 0 Å². The van der Waals surface area contributed by atoms with E-state index < -0.39 is 16.1 Å². The lowest BCUT2D eigenvalue weighted by Gasteiger charge is -2.37. The van der Waals surface area contributed by atoms with Crippen LogP contribution in [0.4, 0.5) is 0 Å². The van der Waals surface area contributed by atoms with Gasteiger partial charge in [-0.25, -0.2) is 0 Å². The monoisotopic (exact) mass is 189 g/mol. The Hall–Kier alpha value is 0.394. The molecule has 0 aliphatic carbocycles. The van der Waals surface area contributed by atoms with Crippen LogP contribution in [0.15, 0.2) is 0 Å². The van der Waals surface area contributed by atoms with E-state index in [-0.39, 0.29) is 0 Å².